The van der Waals surface area contributed by atoms with E-state index in [0.29, 0.717) is 12.8 Å². The van der Waals surface area contributed by atoms with Crippen LogP contribution in [0.4, 0.5) is 0 Å². The van der Waals surface area contributed by atoms with Gasteiger partial charge >= 0.3 is 5.97 Å². The van der Waals surface area contributed by atoms with Crippen LogP contribution in [0.25, 0.3) is 0 Å². The molecule has 1 atom stereocenters. The van der Waals surface area contributed by atoms with Crippen molar-refractivity contribution in [2.45, 2.75) is 83.6 Å². The van der Waals surface area contributed by atoms with Gasteiger partial charge in [-0.15, -0.1) is 0 Å². The van der Waals surface area contributed by atoms with Crippen LogP contribution in [-0.2, 0) is 9.59 Å². The Hall–Kier alpha value is -1.06. The van der Waals surface area contributed by atoms with Crippen molar-refractivity contribution >= 4 is 11.9 Å². The molecule has 2 aliphatic carbocycles. The summed E-state index contributed by atoms with van der Waals surface area (Å²) in [6.07, 6.45) is 10.1. The fraction of sp³-hybridized carbons (Fsp3) is 0.882. The molecule has 0 bridgehead atoms. The van der Waals surface area contributed by atoms with E-state index < -0.39 is 11.4 Å². The van der Waals surface area contributed by atoms with E-state index in [2.05, 4.69) is 12.2 Å². The number of carbonyl (C=O) groups is 2. The minimum absolute atomic E-state index is 0.0631. The molecule has 0 spiro atoms. The summed E-state index contributed by atoms with van der Waals surface area (Å²) in [4.78, 5) is 24.1. The molecule has 0 radical (unpaired) electrons. The van der Waals surface area contributed by atoms with Crippen molar-refractivity contribution < 1.29 is 14.7 Å². The Morgan fingerprint density at radius 3 is 2.29 bits per heavy atom. The van der Waals surface area contributed by atoms with Crippen molar-refractivity contribution in [3.8, 4) is 0 Å². The second kappa shape index (κ2) is 7.28. The molecule has 1 unspecified atom stereocenters. The molecule has 2 aliphatic rings. The molecule has 0 aromatic rings. The van der Waals surface area contributed by atoms with Crippen molar-refractivity contribution in [2.75, 3.05) is 0 Å². The standard InChI is InChI=1S/C17H29NO3/c1-2-14(11-13-7-8-13)18-15(19)12-17(16(20)21)9-5-3-4-6-10-17/h13-14H,2-12H2,1H3,(H,18,19)(H,20,21). The molecule has 0 aliphatic heterocycles. The zero-order valence-corrected chi connectivity index (χ0v) is 13.2. The van der Waals surface area contributed by atoms with Crippen LogP contribution < -0.4 is 5.32 Å². The first-order chi connectivity index (χ1) is 10.1. The van der Waals surface area contributed by atoms with Crippen molar-refractivity contribution in [3.05, 3.63) is 0 Å². The van der Waals surface area contributed by atoms with Gasteiger partial charge in [0.25, 0.3) is 0 Å². The number of hydrogen-bond donors (Lipinski definition) is 2. The number of nitrogens with one attached hydrogen (secondary N) is 1. The lowest BCUT2D eigenvalue weighted by Gasteiger charge is -2.28. The van der Waals surface area contributed by atoms with E-state index in [1.165, 1.54) is 12.8 Å². The van der Waals surface area contributed by atoms with Gasteiger partial charge in [0.15, 0.2) is 0 Å². The molecule has 0 heterocycles. The Balaban J connectivity index is 1.91. The summed E-state index contributed by atoms with van der Waals surface area (Å²) < 4.78 is 0. The molecule has 4 heteroatoms. The molecule has 2 rings (SSSR count). The maximum absolute atomic E-state index is 12.3. The van der Waals surface area contributed by atoms with Crippen LogP contribution in [-0.4, -0.2) is 23.0 Å². The van der Waals surface area contributed by atoms with Crippen LogP contribution in [0.15, 0.2) is 0 Å². The zero-order valence-electron chi connectivity index (χ0n) is 13.2. The van der Waals surface area contributed by atoms with Crippen LogP contribution in [0.2, 0.25) is 0 Å². The van der Waals surface area contributed by atoms with Gasteiger partial charge in [-0.2, -0.15) is 0 Å². The largest absolute Gasteiger partial charge is 0.481 e. The van der Waals surface area contributed by atoms with E-state index in [9.17, 15) is 14.7 Å². The molecule has 1 amide bonds. The molecule has 21 heavy (non-hydrogen) atoms. The average molecular weight is 295 g/mol. The van der Waals surface area contributed by atoms with Gasteiger partial charge in [-0.3, -0.25) is 9.59 Å². The number of carboxylic acids is 1. The fourth-order valence-electron chi connectivity index (χ4n) is 3.54. The molecule has 120 valence electrons. The first kappa shape index (κ1) is 16.3. The smallest absolute Gasteiger partial charge is 0.310 e. The van der Waals surface area contributed by atoms with Crippen LogP contribution in [0, 0.1) is 11.3 Å². The Bertz CT molecular complexity index is 368. The molecule has 0 aromatic heterocycles. The predicted octanol–water partition coefficient (Wildman–Crippen LogP) is 3.50. The predicted molar refractivity (Wildman–Crippen MR) is 82.0 cm³/mol. The number of rotatable bonds is 7. The zero-order chi connectivity index (χ0) is 15.3. The quantitative estimate of drug-likeness (QED) is 0.706. The van der Waals surface area contributed by atoms with Gasteiger partial charge in [0, 0.05) is 12.5 Å². The highest BCUT2D eigenvalue weighted by molar-refractivity contribution is 5.85. The normalized spacial score (nSPS) is 23.1. The van der Waals surface area contributed by atoms with Gasteiger partial charge in [0.2, 0.25) is 5.91 Å². The number of carbonyl (C=O) groups excluding carboxylic acids is 1. The monoisotopic (exact) mass is 295 g/mol. The molecular formula is C17H29NO3. The van der Waals surface area contributed by atoms with E-state index in [-0.39, 0.29) is 18.4 Å². The lowest BCUT2D eigenvalue weighted by Crippen LogP contribution is -2.41. The Labute approximate surface area is 127 Å². The van der Waals surface area contributed by atoms with Crippen molar-refractivity contribution in [2.24, 2.45) is 11.3 Å². The van der Waals surface area contributed by atoms with Gasteiger partial charge < -0.3 is 10.4 Å². The molecule has 2 saturated carbocycles. The lowest BCUT2D eigenvalue weighted by atomic mass is 9.77. The van der Waals surface area contributed by atoms with E-state index in [1.807, 2.05) is 0 Å². The maximum atomic E-state index is 12.3. The number of hydrogen-bond acceptors (Lipinski definition) is 2. The SMILES string of the molecule is CCC(CC1CC1)NC(=O)CC1(C(=O)O)CCCCCC1. The van der Waals surface area contributed by atoms with Gasteiger partial charge in [-0.1, -0.05) is 45.4 Å². The van der Waals surface area contributed by atoms with Crippen LogP contribution in [0.3, 0.4) is 0 Å². The summed E-state index contributed by atoms with van der Waals surface area (Å²) in [5.41, 5.74) is -0.821. The van der Waals surface area contributed by atoms with Crippen molar-refractivity contribution in [3.63, 3.8) is 0 Å². The van der Waals surface area contributed by atoms with Crippen LogP contribution in [0.5, 0.6) is 0 Å². The second-order valence-corrected chi connectivity index (χ2v) is 7.03. The van der Waals surface area contributed by atoms with E-state index in [4.69, 9.17) is 0 Å². The first-order valence-electron chi connectivity index (χ1n) is 8.58. The number of carboxylic acid groups (broad SMARTS) is 1. The van der Waals surface area contributed by atoms with E-state index in [0.717, 1.165) is 44.4 Å². The lowest BCUT2D eigenvalue weighted by molar-refractivity contribution is -0.153. The minimum Gasteiger partial charge on any atom is -0.481 e. The summed E-state index contributed by atoms with van der Waals surface area (Å²) in [7, 11) is 0. The Morgan fingerprint density at radius 2 is 1.81 bits per heavy atom. The minimum atomic E-state index is -0.821. The number of aliphatic carboxylic acids is 1. The van der Waals surface area contributed by atoms with Gasteiger partial charge in [0.1, 0.15) is 0 Å². The molecule has 0 aromatic carbocycles. The van der Waals surface area contributed by atoms with E-state index >= 15 is 0 Å². The molecule has 2 fully saturated rings. The summed E-state index contributed by atoms with van der Waals surface area (Å²) in [5.74, 6) is -0.0665. The van der Waals surface area contributed by atoms with Crippen molar-refractivity contribution in [1.82, 2.24) is 5.32 Å². The topological polar surface area (TPSA) is 66.4 Å². The third-order valence-electron chi connectivity index (χ3n) is 5.19. The highest BCUT2D eigenvalue weighted by atomic mass is 16.4. The summed E-state index contributed by atoms with van der Waals surface area (Å²) in [6, 6.07) is 0.224. The van der Waals surface area contributed by atoms with E-state index in [1.54, 1.807) is 0 Å². The van der Waals surface area contributed by atoms with Crippen LogP contribution in [0.1, 0.15) is 77.6 Å². The van der Waals surface area contributed by atoms with Crippen LogP contribution >= 0.6 is 0 Å². The highest BCUT2D eigenvalue weighted by Gasteiger charge is 2.40. The maximum Gasteiger partial charge on any atom is 0.310 e. The fourth-order valence-corrected chi connectivity index (χ4v) is 3.54. The summed E-state index contributed by atoms with van der Waals surface area (Å²) >= 11 is 0. The molecule has 2 N–H and O–H groups in total. The third kappa shape index (κ3) is 4.72. The summed E-state index contributed by atoms with van der Waals surface area (Å²) in [6.45, 7) is 2.09. The van der Waals surface area contributed by atoms with Gasteiger partial charge in [0.05, 0.1) is 5.41 Å². The number of amides is 1. The van der Waals surface area contributed by atoms with Gasteiger partial charge in [-0.25, -0.2) is 0 Å². The Morgan fingerprint density at radius 1 is 1.19 bits per heavy atom. The molecule has 4 nitrogen and oxygen atoms in total. The van der Waals surface area contributed by atoms with Gasteiger partial charge in [-0.05, 0) is 31.6 Å². The highest BCUT2D eigenvalue weighted by Crippen LogP contribution is 2.39. The first-order valence-corrected chi connectivity index (χ1v) is 8.58. The van der Waals surface area contributed by atoms with Crippen molar-refractivity contribution in [1.29, 1.82) is 0 Å². The summed E-state index contributed by atoms with van der Waals surface area (Å²) in [5, 5.41) is 12.7. The molecule has 0 saturated heterocycles. The molecular weight excluding hydrogens is 266 g/mol. The average Bonchev–Trinajstić information content (AvgIpc) is 3.25. The second-order valence-electron chi connectivity index (χ2n) is 7.03. The third-order valence-corrected chi connectivity index (χ3v) is 5.19. The Kier molecular flexibility index (Phi) is 5.65.